The molecular formula is C17H18BrF. The molecule has 2 heteroatoms. The fourth-order valence-electron chi connectivity index (χ4n) is 2.19. The summed E-state index contributed by atoms with van der Waals surface area (Å²) in [6.07, 6.45) is 0.915. The minimum Gasteiger partial charge on any atom is -0.207 e. The summed E-state index contributed by atoms with van der Waals surface area (Å²) in [5.74, 6) is -0.143. The molecule has 0 saturated carbocycles. The number of aryl methyl sites for hydroxylation is 3. The fraction of sp³-hybridized carbons (Fsp3) is 0.294. The smallest absolute Gasteiger partial charge is 0.126 e. The van der Waals surface area contributed by atoms with Crippen LogP contribution in [-0.2, 0) is 6.42 Å². The highest BCUT2D eigenvalue weighted by atomic mass is 79.9. The molecule has 0 saturated heterocycles. The Morgan fingerprint density at radius 3 is 2.42 bits per heavy atom. The van der Waals surface area contributed by atoms with E-state index in [0.717, 1.165) is 12.0 Å². The second-order valence-corrected chi connectivity index (χ2v) is 6.22. The van der Waals surface area contributed by atoms with Crippen molar-refractivity contribution >= 4 is 15.9 Å². The zero-order valence-corrected chi connectivity index (χ0v) is 13.1. The number of rotatable bonds is 3. The van der Waals surface area contributed by atoms with Crippen molar-refractivity contribution in [3.05, 3.63) is 70.0 Å². The van der Waals surface area contributed by atoms with Crippen LogP contribution in [0.15, 0.2) is 36.4 Å². The van der Waals surface area contributed by atoms with E-state index < -0.39 is 0 Å². The van der Waals surface area contributed by atoms with Crippen molar-refractivity contribution in [3.63, 3.8) is 0 Å². The first-order chi connectivity index (χ1) is 8.97. The SMILES string of the molecule is Cc1ccc(C)c(CC(Br)c2ccc(F)c(C)c2)c1. The zero-order valence-electron chi connectivity index (χ0n) is 11.5. The van der Waals surface area contributed by atoms with Gasteiger partial charge in [0.15, 0.2) is 0 Å². The van der Waals surface area contributed by atoms with Gasteiger partial charge in [0.1, 0.15) is 5.82 Å². The topological polar surface area (TPSA) is 0 Å². The Morgan fingerprint density at radius 1 is 1.00 bits per heavy atom. The molecule has 0 aliphatic heterocycles. The Balaban J connectivity index is 2.22. The first-order valence-corrected chi connectivity index (χ1v) is 7.35. The lowest BCUT2D eigenvalue weighted by Gasteiger charge is -2.14. The van der Waals surface area contributed by atoms with Gasteiger partial charge in [-0.1, -0.05) is 51.8 Å². The summed E-state index contributed by atoms with van der Waals surface area (Å²) in [6.45, 7) is 6.04. The van der Waals surface area contributed by atoms with Gasteiger partial charge in [-0.2, -0.15) is 0 Å². The van der Waals surface area contributed by atoms with Crippen LogP contribution in [0.3, 0.4) is 0 Å². The minimum absolute atomic E-state index is 0.143. The molecule has 0 aliphatic carbocycles. The van der Waals surface area contributed by atoms with Gasteiger partial charge in [-0.3, -0.25) is 0 Å². The maximum atomic E-state index is 13.3. The predicted molar refractivity (Wildman–Crippen MR) is 82.4 cm³/mol. The summed E-state index contributed by atoms with van der Waals surface area (Å²) in [7, 11) is 0. The van der Waals surface area contributed by atoms with Crippen molar-refractivity contribution in [1.82, 2.24) is 0 Å². The average Bonchev–Trinajstić information content (AvgIpc) is 2.37. The standard InChI is InChI=1S/C17H18BrF/c1-11-4-5-12(2)15(8-11)10-16(18)14-6-7-17(19)13(3)9-14/h4-9,16H,10H2,1-3H3. The fourth-order valence-corrected chi connectivity index (χ4v) is 2.83. The van der Waals surface area contributed by atoms with Crippen LogP contribution >= 0.6 is 15.9 Å². The number of hydrogen-bond acceptors (Lipinski definition) is 0. The third kappa shape index (κ3) is 3.44. The van der Waals surface area contributed by atoms with E-state index in [9.17, 15) is 4.39 Å². The van der Waals surface area contributed by atoms with Gasteiger partial charge >= 0.3 is 0 Å². The van der Waals surface area contributed by atoms with Crippen LogP contribution in [0, 0.1) is 26.6 Å². The van der Waals surface area contributed by atoms with Gasteiger partial charge in [-0.15, -0.1) is 0 Å². The number of hydrogen-bond donors (Lipinski definition) is 0. The molecule has 0 bridgehead atoms. The van der Waals surface area contributed by atoms with E-state index in [1.54, 1.807) is 13.0 Å². The van der Waals surface area contributed by atoms with Gasteiger partial charge in [0.05, 0.1) is 0 Å². The van der Waals surface area contributed by atoms with Crippen molar-refractivity contribution in [2.24, 2.45) is 0 Å². The van der Waals surface area contributed by atoms with Gasteiger partial charge in [-0.05, 0) is 55.5 Å². The largest absolute Gasteiger partial charge is 0.207 e. The maximum absolute atomic E-state index is 13.3. The molecule has 0 aromatic heterocycles. The monoisotopic (exact) mass is 320 g/mol. The molecule has 0 spiro atoms. The molecule has 0 N–H and O–H groups in total. The van der Waals surface area contributed by atoms with Gasteiger partial charge < -0.3 is 0 Å². The second-order valence-electron chi connectivity index (χ2n) is 5.11. The van der Waals surface area contributed by atoms with E-state index in [2.05, 4.69) is 48.0 Å². The highest BCUT2D eigenvalue weighted by Crippen LogP contribution is 2.29. The van der Waals surface area contributed by atoms with Crippen LogP contribution in [0.1, 0.15) is 32.6 Å². The Bertz CT molecular complexity index is 590. The molecule has 19 heavy (non-hydrogen) atoms. The number of halogens is 2. The summed E-state index contributed by atoms with van der Waals surface area (Å²) >= 11 is 3.72. The quantitative estimate of drug-likeness (QED) is 0.661. The number of alkyl halides is 1. The zero-order chi connectivity index (χ0) is 14.0. The lowest BCUT2D eigenvalue weighted by Crippen LogP contribution is -1.99. The van der Waals surface area contributed by atoms with Crippen LogP contribution in [0.5, 0.6) is 0 Å². The Hall–Kier alpha value is -1.15. The first kappa shape index (κ1) is 14.3. The van der Waals surface area contributed by atoms with Gasteiger partial charge in [0.25, 0.3) is 0 Å². The Morgan fingerprint density at radius 2 is 1.74 bits per heavy atom. The summed E-state index contributed by atoms with van der Waals surface area (Å²) in [4.78, 5) is 0.215. The lowest BCUT2D eigenvalue weighted by molar-refractivity contribution is 0.617. The molecule has 0 heterocycles. The predicted octanol–water partition coefficient (Wildman–Crippen LogP) is 5.43. The van der Waals surface area contributed by atoms with Gasteiger partial charge in [0.2, 0.25) is 0 Å². The van der Waals surface area contributed by atoms with Crippen molar-refractivity contribution in [3.8, 4) is 0 Å². The second kappa shape index (κ2) is 5.87. The average molecular weight is 321 g/mol. The van der Waals surface area contributed by atoms with E-state index in [0.29, 0.717) is 5.56 Å². The van der Waals surface area contributed by atoms with Gasteiger partial charge in [0, 0.05) is 4.83 Å². The normalized spacial score (nSPS) is 12.5. The Kier molecular flexibility index (Phi) is 4.41. The van der Waals surface area contributed by atoms with Crippen LogP contribution in [0.25, 0.3) is 0 Å². The molecule has 100 valence electrons. The molecule has 2 aromatic rings. The van der Waals surface area contributed by atoms with E-state index in [1.165, 1.54) is 16.7 Å². The minimum atomic E-state index is -0.143. The number of benzene rings is 2. The van der Waals surface area contributed by atoms with Crippen LogP contribution < -0.4 is 0 Å². The molecule has 2 aromatic carbocycles. The van der Waals surface area contributed by atoms with E-state index in [4.69, 9.17) is 0 Å². The summed E-state index contributed by atoms with van der Waals surface area (Å²) < 4.78 is 13.3. The van der Waals surface area contributed by atoms with Crippen LogP contribution in [-0.4, -0.2) is 0 Å². The molecule has 0 fully saturated rings. The first-order valence-electron chi connectivity index (χ1n) is 6.43. The highest BCUT2D eigenvalue weighted by Gasteiger charge is 2.11. The third-order valence-electron chi connectivity index (χ3n) is 3.45. The summed E-state index contributed by atoms with van der Waals surface area (Å²) in [6, 6.07) is 11.8. The van der Waals surface area contributed by atoms with Crippen molar-refractivity contribution in [2.75, 3.05) is 0 Å². The Labute approximate surface area is 122 Å². The van der Waals surface area contributed by atoms with E-state index in [1.807, 2.05) is 12.1 Å². The van der Waals surface area contributed by atoms with E-state index >= 15 is 0 Å². The molecule has 0 aliphatic rings. The third-order valence-corrected chi connectivity index (χ3v) is 4.30. The lowest BCUT2D eigenvalue weighted by atomic mass is 9.98. The molecule has 0 nitrogen and oxygen atoms in total. The molecule has 0 radical (unpaired) electrons. The van der Waals surface area contributed by atoms with E-state index in [-0.39, 0.29) is 10.6 Å². The molecule has 1 atom stereocenters. The van der Waals surface area contributed by atoms with Crippen molar-refractivity contribution in [1.29, 1.82) is 0 Å². The van der Waals surface area contributed by atoms with Crippen LogP contribution in [0.2, 0.25) is 0 Å². The molecule has 2 rings (SSSR count). The van der Waals surface area contributed by atoms with Gasteiger partial charge in [-0.25, -0.2) is 4.39 Å². The maximum Gasteiger partial charge on any atom is 0.126 e. The molecule has 0 amide bonds. The van der Waals surface area contributed by atoms with Crippen LogP contribution in [0.4, 0.5) is 4.39 Å². The van der Waals surface area contributed by atoms with Crippen molar-refractivity contribution in [2.45, 2.75) is 32.0 Å². The highest BCUT2D eigenvalue weighted by molar-refractivity contribution is 9.09. The molecule has 1 unspecified atom stereocenters. The molecular weight excluding hydrogens is 303 g/mol. The van der Waals surface area contributed by atoms with Crippen molar-refractivity contribution < 1.29 is 4.39 Å². The summed E-state index contributed by atoms with van der Waals surface area (Å²) in [5.41, 5.74) is 5.73. The summed E-state index contributed by atoms with van der Waals surface area (Å²) in [5, 5.41) is 0.